The average Bonchev–Trinajstić information content (AvgIpc) is 2.36. The quantitative estimate of drug-likeness (QED) is 0.501. The lowest BCUT2D eigenvalue weighted by Crippen LogP contribution is -1.87. The molecule has 0 bridgehead atoms. The van der Waals surface area contributed by atoms with Crippen molar-refractivity contribution in [2.75, 3.05) is 5.73 Å². The number of halogens is 1. The van der Waals surface area contributed by atoms with E-state index >= 15 is 0 Å². The minimum absolute atomic E-state index is 0.561. The molecule has 0 atom stereocenters. The van der Waals surface area contributed by atoms with Gasteiger partial charge in [-0.1, -0.05) is 11.6 Å². The van der Waals surface area contributed by atoms with Gasteiger partial charge in [0.1, 0.15) is 5.75 Å². The van der Waals surface area contributed by atoms with E-state index in [1.54, 1.807) is 6.07 Å². The number of rotatable bonds is 0. The second kappa shape index (κ2) is 2.50. The number of fused-ring (bicyclic) bond motifs is 1. The Kier molecular flexibility index (Phi) is 1.62. The molecule has 1 aromatic rings. The van der Waals surface area contributed by atoms with Crippen LogP contribution in [-0.2, 0) is 5.75 Å². The molecule has 11 heavy (non-hydrogen) atoms. The Labute approximate surface area is 73.9 Å². The van der Waals surface area contributed by atoms with Gasteiger partial charge in [0.15, 0.2) is 0 Å². The van der Waals surface area contributed by atoms with Crippen molar-refractivity contribution in [2.45, 2.75) is 5.75 Å². The van der Waals surface area contributed by atoms with Gasteiger partial charge in [-0.2, -0.15) is 0 Å². The first-order chi connectivity index (χ1) is 5.27. The Bertz CT molecular complexity index is 274. The van der Waals surface area contributed by atoms with Crippen LogP contribution in [0.15, 0.2) is 12.1 Å². The summed E-state index contributed by atoms with van der Waals surface area (Å²) in [5, 5.41) is 0.561. The van der Waals surface area contributed by atoms with Gasteiger partial charge in [-0.05, 0) is 6.07 Å². The highest BCUT2D eigenvalue weighted by atomic mass is 35.5. The maximum absolute atomic E-state index is 5.78. The lowest BCUT2D eigenvalue weighted by Gasteiger charge is -2.00. The molecule has 1 aliphatic rings. The molecule has 0 saturated carbocycles. The zero-order valence-corrected chi connectivity index (χ0v) is 7.21. The minimum atomic E-state index is 0.561. The van der Waals surface area contributed by atoms with Crippen LogP contribution in [-0.4, -0.2) is 0 Å². The summed E-state index contributed by atoms with van der Waals surface area (Å²) < 4.78 is 5.21. The van der Waals surface area contributed by atoms with Crippen molar-refractivity contribution in [2.24, 2.45) is 0 Å². The largest absolute Gasteiger partial charge is 0.425 e. The SMILES string of the molecule is Nc1cc2c(cc1Cl)OSC2. The van der Waals surface area contributed by atoms with E-state index in [-0.39, 0.29) is 0 Å². The van der Waals surface area contributed by atoms with Crippen LogP contribution in [0.3, 0.4) is 0 Å². The van der Waals surface area contributed by atoms with E-state index in [1.165, 1.54) is 12.0 Å². The molecule has 1 aromatic carbocycles. The zero-order chi connectivity index (χ0) is 7.84. The maximum atomic E-state index is 5.78. The highest BCUT2D eigenvalue weighted by molar-refractivity contribution is 7.94. The first kappa shape index (κ1) is 7.13. The van der Waals surface area contributed by atoms with Crippen LogP contribution in [0.5, 0.6) is 5.75 Å². The Morgan fingerprint density at radius 1 is 1.55 bits per heavy atom. The lowest BCUT2D eigenvalue weighted by atomic mass is 10.2. The monoisotopic (exact) mass is 187 g/mol. The number of hydrogen-bond acceptors (Lipinski definition) is 3. The summed E-state index contributed by atoms with van der Waals surface area (Å²) in [4.78, 5) is 0. The summed E-state index contributed by atoms with van der Waals surface area (Å²) >= 11 is 7.18. The second-order valence-corrected chi connectivity index (χ2v) is 3.43. The van der Waals surface area contributed by atoms with Crippen molar-refractivity contribution in [3.8, 4) is 5.75 Å². The predicted octanol–water partition coefficient (Wildman–Crippen LogP) is 2.46. The summed E-state index contributed by atoms with van der Waals surface area (Å²) in [7, 11) is 0. The molecule has 1 aliphatic heterocycles. The van der Waals surface area contributed by atoms with Crippen molar-refractivity contribution in [3.05, 3.63) is 22.7 Å². The molecule has 0 unspecified atom stereocenters. The van der Waals surface area contributed by atoms with Gasteiger partial charge in [0.05, 0.1) is 28.5 Å². The van der Waals surface area contributed by atoms with Gasteiger partial charge in [-0.3, -0.25) is 0 Å². The number of benzene rings is 1. The maximum Gasteiger partial charge on any atom is 0.143 e. The van der Waals surface area contributed by atoms with Crippen LogP contribution in [0.2, 0.25) is 5.02 Å². The molecule has 1 heterocycles. The molecule has 0 fully saturated rings. The highest BCUT2D eigenvalue weighted by Crippen LogP contribution is 2.38. The van der Waals surface area contributed by atoms with Crippen LogP contribution >= 0.6 is 23.6 Å². The number of anilines is 1. The van der Waals surface area contributed by atoms with Gasteiger partial charge in [0, 0.05) is 11.6 Å². The molecule has 0 spiro atoms. The molecule has 4 heteroatoms. The summed E-state index contributed by atoms with van der Waals surface area (Å²) in [6.07, 6.45) is 0. The van der Waals surface area contributed by atoms with Crippen LogP contribution in [0.4, 0.5) is 5.69 Å². The van der Waals surface area contributed by atoms with Crippen molar-refractivity contribution >= 4 is 29.3 Å². The lowest BCUT2D eigenvalue weighted by molar-refractivity contribution is 0.661. The van der Waals surface area contributed by atoms with Gasteiger partial charge in [0.25, 0.3) is 0 Å². The topological polar surface area (TPSA) is 35.2 Å². The zero-order valence-electron chi connectivity index (χ0n) is 5.63. The molecule has 58 valence electrons. The second-order valence-electron chi connectivity index (χ2n) is 2.33. The number of hydrogen-bond donors (Lipinski definition) is 1. The third-order valence-corrected chi connectivity index (χ3v) is 2.60. The van der Waals surface area contributed by atoms with Crippen molar-refractivity contribution in [3.63, 3.8) is 0 Å². The Morgan fingerprint density at radius 3 is 3.18 bits per heavy atom. The van der Waals surface area contributed by atoms with Gasteiger partial charge in [0.2, 0.25) is 0 Å². The summed E-state index contributed by atoms with van der Waals surface area (Å²) in [5.41, 5.74) is 7.34. The number of nitrogens with two attached hydrogens (primary N) is 1. The third kappa shape index (κ3) is 1.14. The minimum Gasteiger partial charge on any atom is -0.425 e. The highest BCUT2D eigenvalue weighted by Gasteiger charge is 2.14. The van der Waals surface area contributed by atoms with Crippen molar-refractivity contribution < 1.29 is 4.18 Å². The normalized spacial score (nSPS) is 14.3. The molecule has 2 rings (SSSR count). The van der Waals surface area contributed by atoms with Gasteiger partial charge < -0.3 is 9.92 Å². The van der Waals surface area contributed by atoms with Crippen LogP contribution < -0.4 is 9.92 Å². The molecule has 0 aliphatic carbocycles. The van der Waals surface area contributed by atoms with Gasteiger partial charge in [-0.15, -0.1) is 0 Å². The van der Waals surface area contributed by atoms with Crippen molar-refractivity contribution in [1.29, 1.82) is 0 Å². The molecule has 0 saturated heterocycles. The smallest absolute Gasteiger partial charge is 0.143 e. The fourth-order valence-electron chi connectivity index (χ4n) is 0.966. The van der Waals surface area contributed by atoms with Crippen LogP contribution in [0.1, 0.15) is 5.56 Å². The molecule has 0 aromatic heterocycles. The fourth-order valence-corrected chi connectivity index (χ4v) is 1.81. The van der Waals surface area contributed by atoms with E-state index in [1.807, 2.05) is 6.07 Å². The van der Waals surface area contributed by atoms with Crippen LogP contribution in [0, 0.1) is 0 Å². The standard InChI is InChI=1S/C7H6ClNOS/c8-5-2-7-4(1-6(5)9)3-11-10-7/h1-2H,3,9H2. The fraction of sp³-hybridized carbons (Fsp3) is 0.143. The van der Waals surface area contributed by atoms with Gasteiger partial charge in [-0.25, -0.2) is 0 Å². The molecular formula is C7H6ClNOS. The molecule has 2 N–H and O–H groups in total. The summed E-state index contributed by atoms with van der Waals surface area (Å²) in [6.45, 7) is 0. The molecule has 0 radical (unpaired) electrons. The van der Waals surface area contributed by atoms with Crippen molar-refractivity contribution in [1.82, 2.24) is 0 Å². The Morgan fingerprint density at radius 2 is 2.36 bits per heavy atom. The van der Waals surface area contributed by atoms with E-state index in [4.69, 9.17) is 21.5 Å². The predicted molar refractivity (Wildman–Crippen MR) is 47.8 cm³/mol. The Balaban J connectivity index is 2.57. The first-order valence-electron chi connectivity index (χ1n) is 3.15. The first-order valence-corrected chi connectivity index (χ1v) is 4.43. The molecular weight excluding hydrogens is 182 g/mol. The van der Waals surface area contributed by atoms with Gasteiger partial charge >= 0.3 is 0 Å². The van der Waals surface area contributed by atoms with E-state index in [9.17, 15) is 0 Å². The summed E-state index contributed by atoms with van der Waals surface area (Å²) in [6, 6.07) is 3.61. The number of nitrogen functional groups attached to an aromatic ring is 1. The molecule has 0 amide bonds. The van der Waals surface area contributed by atoms with E-state index in [0.29, 0.717) is 10.7 Å². The van der Waals surface area contributed by atoms with E-state index in [0.717, 1.165) is 17.1 Å². The van der Waals surface area contributed by atoms with E-state index < -0.39 is 0 Å². The molecule has 2 nitrogen and oxygen atoms in total. The van der Waals surface area contributed by atoms with E-state index in [2.05, 4.69) is 0 Å². The van der Waals surface area contributed by atoms with Crippen LogP contribution in [0.25, 0.3) is 0 Å². The average molecular weight is 188 g/mol. The third-order valence-electron chi connectivity index (χ3n) is 1.54. The summed E-state index contributed by atoms with van der Waals surface area (Å²) in [5.74, 6) is 1.70. The Hall–Kier alpha value is -0.540.